The molecule has 0 radical (unpaired) electrons. The number of halogens is 1. The summed E-state index contributed by atoms with van der Waals surface area (Å²) in [6.45, 7) is 5.54. The van der Waals surface area contributed by atoms with Crippen LogP contribution < -0.4 is 5.32 Å². The molecule has 0 spiro atoms. The van der Waals surface area contributed by atoms with Gasteiger partial charge in [0.2, 0.25) is 0 Å². The Kier molecular flexibility index (Phi) is 7.40. The zero-order valence-corrected chi connectivity index (χ0v) is 9.89. The van der Waals surface area contributed by atoms with Gasteiger partial charge >= 0.3 is 0 Å². The van der Waals surface area contributed by atoms with E-state index in [1.165, 1.54) is 5.75 Å². The maximum Gasteiger partial charge on any atom is 0.0240 e. The molecule has 0 aliphatic carbocycles. The number of alkyl halides is 1. The van der Waals surface area contributed by atoms with Gasteiger partial charge in [0.1, 0.15) is 0 Å². The second kappa shape index (κ2) is 7.05. The highest BCUT2D eigenvalue weighted by Crippen LogP contribution is 2.14. The molecule has 0 saturated heterocycles. The van der Waals surface area contributed by atoms with Crippen LogP contribution in [0.15, 0.2) is 0 Å². The summed E-state index contributed by atoms with van der Waals surface area (Å²) >= 11 is 7.61. The second-order valence-corrected chi connectivity index (χ2v) is 4.64. The molecule has 0 aromatic carbocycles. The molecule has 0 aromatic rings. The average Bonchev–Trinajstić information content (AvgIpc) is 2.06. The van der Waals surface area contributed by atoms with Crippen molar-refractivity contribution < 1.29 is 0 Å². The fourth-order valence-corrected chi connectivity index (χ4v) is 1.78. The largest absolute Gasteiger partial charge is 0.311 e. The lowest BCUT2D eigenvalue weighted by Crippen LogP contribution is -2.43. The fraction of sp³-hybridized carbons (Fsp3) is 1.00. The van der Waals surface area contributed by atoms with E-state index >= 15 is 0 Å². The molecular weight excluding hydrogens is 190 g/mol. The van der Waals surface area contributed by atoms with Gasteiger partial charge in [0.15, 0.2) is 0 Å². The van der Waals surface area contributed by atoms with Crippen LogP contribution in [-0.4, -0.2) is 30.0 Å². The molecule has 1 N–H and O–H groups in total. The van der Waals surface area contributed by atoms with Gasteiger partial charge in [-0.05, 0) is 26.0 Å². The molecule has 12 heavy (non-hydrogen) atoms. The average molecular weight is 210 g/mol. The van der Waals surface area contributed by atoms with Gasteiger partial charge in [-0.3, -0.25) is 0 Å². The van der Waals surface area contributed by atoms with Crippen LogP contribution in [0.5, 0.6) is 0 Å². The molecule has 0 heterocycles. The Morgan fingerprint density at radius 3 is 2.58 bits per heavy atom. The molecule has 0 amide bonds. The van der Waals surface area contributed by atoms with Gasteiger partial charge in [0, 0.05) is 23.7 Å². The molecule has 0 rings (SSSR count). The lowest BCUT2D eigenvalue weighted by atomic mass is 9.96. The minimum Gasteiger partial charge on any atom is -0.311 e. The van der Waals surface area contributed by atoms with Crippen molar-refractivity contribution in [3.8, 4) is 0 Å². The number of rotatable bonds is 7. The molecular formula is C9H20ClNS. The Morgan fingerprint density at radius 1 is 1.50 bits per heavy atom. The van der Waals surface area contributed by atoms with Crippen LogP contribution >= 0.6 is 23.4 Å². The van der Waals surface area contributed by atoms with E-state index in [1.54, 1.807) is 0 Å². The lowest BCUT2D eigenvalue weighted by Gasteiger charge is -2.29. The maximum atomic E-state index is 5.73. The predicted molar refractivity (Wildman–Crippen MR) is 60.4 cm³/mol. The van der Waals surface area contributed by atoms with Gasteiger partial charge in [-0.1, -0.05) is 6.92 Å². The number of nitrogens with one attached hydrogen (secondary N) is 1. The van der Waals surface area contributed by atoms with Gasteiger partial charge < -0.3 is 5.32 Å². The number of hydrogen-bond acceptors (Lipinski definition) is 2. The van der Waals surface area contributed by atoms with E-state index in [0.717, 1.165) is 25.3 Å². The Labute approximate surface area is 85.6 Å². The molecule has 3 heteroatoms. The molecule has 0 bridgehead atoms. The quantitative estimate of drug-likeness (QED) is 0.511. The van der Waals surface area contributed by atoms with Crippen LogP contribution in [-0.2, 0) is 0 Å². The third-order valence-corrected chi connectivity index (χ3v) is 3.09. The van der Waals surface area contributed by atoms with Crippen molar-refractivity contribution in [2.24, 2.45) is 0 Å². The molecule has 1 atom stereocenters. The fourth-order valence-electron chi connectivity index (χ4n) is 1.05. The maximum absolute atomic E-state index is 5.73. The van der Waals surface area contributed by atoms with Crippen LogP contribution in [0.1, 0.15) is 26.7 Å². The van der Waals surface area contributed by atoms with E-state index < -0.39 is 0 Å². The van der Waals surface area contributed by atoms with Crippen molar-refractivity contribution in [2.75, 3.05) is 24.4 Å². The molecule has 1 unspecified atom stereocenters. The normalized spacial score (nSPS) is 16.0. The van der Waals surface area contributed by atoms with Crippen LogP contribution in [0, 0.1) is 0 Å². The summed E-state index contributed by atoms with van der Waals surface area (Å²) in [7, 11) is 0. The van der Waals surface area contributed by atoms with Crippen molar-refractivity contribution in [3.63, 3.8) is 0 Å². The third kappa shape index (κ3) is 5.28. The zero-order chi connectivity index (χ0) is 9.45. The molecule has 1 nitrogen and oxygen atoms in total. The first-order valence-corrected chi connectivity index (χ1v) is 6.41. The van der Waals surface area contributed by atoms with Crippen LogP contribution in [0.4, 0.5) is 0 Å². The van der Waals surface area contributed by atoms with E-state index in [9.17, 15) is 0 Å². The second-order valence-electron chi connectivity index (χ2n) is 3.27. The summed E-state index contributed by atoms with van der Waals surface area (Å²) in [5, 5.41) is 3.54. The van der Waals surface area contributed by atoms with Crippen molar-refractivity contribution in [2.45, 2.75) is 32.2 Å². The van der Waals surface area contributed by atoms with Crippen molar-refractivity contribution in [3.05, 3.63) is 0 Å². The topological polar surface area (TPSA) is 12.0 Å². The van der Waals surface area contributed by atoms with Gasteiger partial charge in [0.05, 0.1) is 0 Å². The minimum atomic E-state index is 0.248. The van der Waals surface area contributed by atoms with E-state index in [4.69, 9.17) is 11.6 Å². The van der Waals surface area contributed by atoms with Crippen LogP contribution in [0.3, 0.4) is 0 Å². The van der Waals surface area contributed by atoms with E-state index in [0.29, 0.717) is 0 Å². The summed E-state index contributed by atoms with van der Waals surface area (Å²) in [6.07, 6.45) is 4.33. The Bertz CT molecular complexity index is 111. The molecule has 0 aromatic heterocycles. The first-order chi connectivity index (χ1) is 5.68. The smallest absolute Gasteiger partial charge is 0.0240 e. The number of hydrogen-bond donors (Lipinski definition) is 1. The molecule has 0 fully saturated rings. The summed E-state index contributed by atoms with van der Waals surface area (Å²) < 4.78 is 0. The highest BCUT2D eigenvalue weighted by atomic mass is 35.5. The van der Waals surface area contributed by atoms with Crippen LogP contribution in [0.2, 0.25) is 0 Å². The summed E-state index contributed by atoms with van der Waals surface area (Å²) in [5.41, 5.74) is 0.248. The molecule has 0 aliphatic rings. The van der Waals surface area contributed by atoms with Crippen molar-refractivity contribution in [1.82, 2.24) is 5.32 Å². The summed E-state index contributed by atoms with van der Waals surface area (Å²) in [5.74, 6) is 1.93. The lowest BCUT2D eigenvalue weighted by molar-refractivity contribution is 0.343. The third-order valence-electron chi connectivity index (χ3n) is 2.28. The van der Waals surface area contributed by atoms with Gasteiger partial charge in [-0.25, -0.2) is 0 Å². The molecule has 74 valence electrons. The molecule has 0 aliphatic heterocycles. The van der Waals surface area contributed by atoms with Crippen LogP contribution in [0.25, 0.3) is 0 Å². The Morgan fingerprint density at radius 2 is 2.17 bits per heavy atom. The monoisotopic (exact) mass is 209 g/mol. The van der Waals surface area contributed by atoms with E-state index in [1.807, 2.05) is 11.8 Å². The minimum absolute atomic E-state index is 0.248. The first kappa shape index (κ1) is 12.6. The van der Waals surface area contributed by atoms with Crippen molar-refractivity contribution in [1.29, 1.82) is 0 Å². The van der Waals surface area contributed by atoms with Crippen molar-refractivity contribution >= 4 is 23.4 Å². The number of thioether (sulfide) groups is 1. The standard InChI is InChI=1S/C9H20ClNS/c1-4-9(2,5-6-10)11-7-8-12-3/h11H,4-8H2,1-3H3. The highest BCUT2D eigenvalue weighted by molar-refractivity contribution is 7.98. The zero-order valence-electron chi connectivity index (χ0n) is 8.32. The van der Waals surface area contributed by atoms with Gasteiger partial charge in [-0.15, -0.1) is 11.6 Å². The van der Waals surface area contributed by atoms with E-state index in [2.05, 4.69) is 25.4 Å². The van der Waals surface area contributed by atoms with Gasteiger partial charge in [-0.2, -0.15) is 11.8 Å². The molecule has 0 saturated carbocycles. The Balaban J connectivity index is 3.63. The Hall–Kier alpha value is 0.600. The predicted octanol–water partition coefficient (Wildman–Crippen LogP) is 2.74. The first-order valence-electron chi connectivity index (χ1n) is 4.48. The van der Waals surface area contributed by atoms with E-state index in [-0.39, 0.29) is 5.54 Å². The summed E-state index contributed by atoms with van der Waals surface area (Å²) in [4.78, 5) is 0. The van der Waals surface area contributed by atoms with Gasteiger partial charge in [0.25, 0.3) is 0 Å². The SMILES string of the molecule is CCC(C)(CCCl)NCCSC. The highest BCUT2D eigenvalue weighted by Gasteiger charge is 2.19. The summed E-state index contributed by atoms with van der Waals surface area (Å²) in [6, 6.07) is 0.